The first-order valence-corrected chi connectivity index (χ1v) is 13.3. The molecule has 1 amide bonds. The molecule has 1 unspecified atom stereocenters. The molecule has 3 aromatic rings. The lowest BCUT2D eigenvalue weighted by atomic mass is 9.97. The first-order valence-electron chi connectivity index (χ1n) is 11.9. The van der Waals surface area contributed by atoms with Gasteiger partial charge in [0.2, 0.25) is 15.9 Å². The second kappa shape index (κ2) is 10.6. The largest absolute Gasteiger partial charge is 0.355 e. The molecule has 0 saturated carbocycles. The van der Waals surface area contributed by atoms with Crippen molar-refractivity contribution < 1.29 is 17.7 Å². The van der Waals surface area contributed by atoms with Crippen molar-refractivity contribution in [2.75, 3.05) is 24.5 Å². The van der Waals surface area contributed by atoms with Gasteiger partial charge in [0.1, 0.15) is 5.69 Å². The number of carbonyl (C=O) groups excluding carboxylic acids is 1. The lowest BCUT2D eigenvalue weighted by molar-refractivity contribution is -0.123. The molecule has 8 heteroatoms. The lowest BCUT2D eigenvalue weighted by Crippen LogP contribution is -2.47. The van der Waals surface area contributed by atoms with E-state index in [1.165, 1.54) is 4.31 Å². The van der Waals surface area contributed by atoms with Gasteiger partial charge in [-0.25, -0.2) is 8.42 Å². The minimum atomic E-state index is -3.90. The van der Waals surface area contributed by atoms with Gasteiger partial charge in [0.05, 0.1) is 5.92 Å². The zero-order valence-electron chi connectivity index (χ0n) is 20.3. The third-order valence-electron chi connectivity index (χ3n) is 6.32. The van der Waals surface area contributed by atoms with Crippen molar-refractivity contribution in [2.45, 2.75) is 38.5 Å². The Balaban J connectivity index is 1.57. The van der Waals surface area contributed by atoms with Crippen LogP contribution in [0.25, 0.3) is 12.2 Å². The van der Waals surface area contributed by atoms with Crippen molar-refractivity contribution in [2.24, 2.45) is 5.92 Å². The molecule has 2 aromatic carbocycles. The van der Waals surface area contributed by atoms with E-state index in [9.17, 15) is 13.2 Å². The summed E-state index contributed by atoms with van der Waals surface area (Å²) in [5.41, 5.74) is 3.20. The molecule has 2 heterocycles. The van der Waals surface area contributed by atoms with Gasteiger partial charge in [-0.05, 0) is 57.4 Å². The van der Waals surface area contributed by atoms with Crippen LogP contribution in [0.2, 0.25) is 0 Å². The molecule has 0 bridgehead atoms. The molecule has 7 nitrogen and oxygen atoms in total. The van der Waals surface area contributed by atoms with Crippen LogP contribution < -0.4 is 4.90 Å². The van der Waals surface area contributed by atoms with E-state index in [0.717, 1.165) is 16.8 Å². The number of sulfonamides is 1. The molecule has 1 aromatic heterocycles. The monoisotopic (exact) mass is 493 g/mol. The van der Waals surface area contributed by atoms with E-state index >= 15 is 0 Å². The number of hydrogen-bond donors (Lipinski definition) is 0. The molecule has 0 radical (unpaired) electrons. The van der Waals surface area contributed by atoms with Crippen LogP contribution >= 0.6 is 0 Å². The minimum Gasteiger partial charge on any atom is -0.355 e. The summed E-state index contributed by atoms with van der Waals surface area (Å²) < 4.78 is 34.2. The SMILES string of the molecule is CCN(C(=O)C1CCCN(S(=O)(=O)c2c(C)noc2C=Cc2ccc(C)cc2)C1)c1ccccc1. The van der Waals surface area contributed by atoms with Gasteiger partial charge in [-0.3, -0.25) is 4.79 Å². The highest BCUT2D eigenvalue weighted by Crippen LogP contribution is 2.30. The average molecular weight is 494 g/mol. The predicted molar refractivity (Wildman–Crippen MR) is 137 cm³/mol. The van der Waals surface area contributed by atoms with Crippen molar-refractivity contribution in [3.05, 3.63) is 77.2 Å². The van der Waals surface area contributed by atoms with Gasteiger partial charge in [0.15, 0.2) is 10.7 Å². The maximum Gasteiger partial charge on any atom is 0.248 e. The van der Waals surface area contributed by atoms with Crippen molar-refractivity contribution in [3.8, 4) is 0 Å². The molecule has 0 N–H and O–H groups in total. The number of anilines is 1. The van der Waals surface area contributed by atoms with Gasteiger partial charge in [0, 0.05) is 25.3 Å². The number of hydrogen-bond acceptors (Lipinski definition) is 5. The zero-order chi connectivity index (χ0) is 25.0. The summed E-state index contributed by atoms with van der Waals surface area (Å²) in [5, 5.41) is 3.93. The number of para-hydroxylation sites is 1. The quantitative estimate of drug-likeness (QED) is 0.467. The Kier molecular flexibility index (Phi) is 7.52. The van der Waals surface area contributed by atoms with E-state index in [2.05, 4.69) is 5.16 Å². The highest BCUT2D eigenvalue weighted by molar-refractivity contribution is 7.89. The van der Waals surface area contributed by atoms with Crippen LogP contribution in [0.1, 0.15) is 42.3 Å². The normalized spacial score (nSPS) is 17.1. The molecule has 184 valence electrons. The maximum atomic E-state index is 13.7. The summed E-state index contributed by atoms with van der Waals surface area (Å²) in [6, 6.07) is 17.4. The van der Waals surface area contributed by atoms with Gasteiger partial charge in [-0.1, -0.05) is 59.3 Å². The van der Waals surface area contributed by atoms with Gasteiger partial charge < -0.3 is 9.42 Å². The van der Waals surface area contributed by atoms with Crippen LogP contribution in [0.15, 0.2) is 64.0 Å². The van der Waals surface area contributed by atoms with Crippen molar-refractivity contribution in [1.29, 1.82) is 0 Å². The summed E-state index contributed by atoms with van der Waals surface area (Å²) >= 11 is 0. The Labute approximate surface area is 207 Å². The Morgan fingerprint density at radius 3 is 2.51 bits per heavy atom. The maximum absolute atomic E-state index is 13.7. The molecule has 1 atom stereocenters. The standard InChI is InChI=1S/C27H31N3O4S/c1-4-30(24-10-6-5-7-11-24)27(31)23-9-8-18-29(19-23)35(32,33)26-21(3)28-34-25(26)17-16-22-14-12-20(2)13-15-22/h5-7,10-17,23H,4,8-9,18-19H2,1-3H3. The molecular formula is C27H31N3O4S. The van der Waals surface area contributed by atoms with Gasteiger partial charge in [0.25, 0.3) is 0 Å². The average Bonchev–Trinajstić information content (AvgIpc) is 3.26. The van der Waals surface area contributed by atoms with E-state index in [1.807, 2.05) is 68.4 Å². The van der Waals surface area contributed by atoms with Crippen LogP contribution in [0.3, 0.4) is 0 Å². The van der Waals surface area contributed by atoms with E-state index in [0.29, 0.717) is 31.6 Å². The van der Waals surface area contributed by atoms with Crippen LogP contribution in [-0.2, 0) is 14.8 Å². The van der Waals surface area contributed by atoms with E-state index < -0.39 is 15.9 Å². The summed E-state index contributed by atoms with van der Waals surface area (Å²) in [4.78, 5) is 15.2. The number of aryl methyl sites for hydroxylation is 2. The Morgan fingerprint density at radius 2 is 1.83 bits per heavy atom. The van der Waals surface area contributed by atoms with Gasteiger partial charge in [-0.15, -0.1) is 0 Å². The molecule has 1 saturated heterocycles. The van der Waals surface area contributed by atoms with E-state index in [-0.39, 0.29) is 23.1 Å². The fraction of sp³-hybridized carbons (Fsp3) is 0.333. The third kappa shape index (κ3) is 5.39. The van der Waals surface area contributed by atoms with Gasteiger partial charge in [-0.2, -0.15) is 4.31 Å². The van der Waals surface area contributed by atoms with Crippen LogP contribution in [-0.4, -0.2) is 43.4 Å². The van der Waals surface area contributed by atoms with Crippen molar-refractivity contribution in [1.82, 2.24) is 9.46 Å². The lowest BCUT2D eigenvalue weighted by Gasteiger charge is -2.34. The number of benzene rings is 2. The number of piperidine rings is 1. The Bertz CT molecular complexity index is 1300. The molecule has 0 aliphatic carbocycles. The first-order chi connectivity index (χ1) is 16.8. The highest BCUT2D eigenvalue weighted by atomic mass is 32.2. The zero-order valence-corrected chi connectivity index (χ0v) is 21.2. The minimum absolute atomic E-state index is 0.0554. The second-order valence-electron chi connectivity index (χ2n) is 8.83. The summed E-state index contributed by atoms with van der Waals surface area (Å²) in [6.07, 6.45) is 4.70. The fourth-order valence-corrected chi connectivity index (χ4v) is 6.21. The second-order valence-corrected chi connectivity index (χ2v) is 10.7. The Hall–Kier alpha value is -3.23. The highest BCUT2D eigenvalue weighted by Gasteiger charge is 2.38. The molecule has 0 spiro atoms. The smallest absolute Gasteiger partial charge is 0.248 e. The molecule has 1 fully saturated rings. The summed E-state index contributed by atoms with van der Waals surface area (Å²) in [6.45, 7) is 6.57. The number of aromatic nitrogens is 1. The molecule has 35 heavy (non-hydrogen) atoms. The Morgan fingerprint density at radius 1 is 1.11 bits per heavy atom. The summed E-state index contributed by atoms with van der Waals surface area (Å²) in [5.74, 6) is -0.276. The fourth-order valence-electron chi connectivity index (χ4n) is 4.43. The van der Waals surface area contributed by atoms with Crippen LogP contribution in [0.5, 0.6) is 0 Å². The molecule has 1 aliphatic rings. The predicted octanol–water partition coefficient (Wildman–Crippen LogP) is 4.92. The number of carbonyl (C=O) groups is 1. The van der Waals surface area contributed by atoms with E-state index in [4.69, 9.17) is 4.52 Å². The van der Waals surface area contributed by atoms with Gasteiger partial charge >= 0.3 is 0 Å². The van der Waals surface area contributed by atoms with Crippen molar-refractivity contribution in [3.63, 3.8) is 0 Å². The number of rotatable bonds is 7. The number of amides is 1. The third-order valence-corrected chi connectivity index (χ3v) is 8.34. The molecular weight excluding hydrogens is 462 g/mol. The number of nitrogens with zero attached hydrogens (tertiary/aromatic N) is 3. The summed E-state index contributed by atoms with van der Waals surface area (Å²) in [7, 11) is -3.90. The molecule has 1 aliphatic heterocycles. The van der Waals surface area contributed by atoms with Crippen LogP contribution in [0, 0.1) is 19.8 Å². The molecule has 4 rings (SSSR count). The van der Waals surface area contributed by atoms with Crippen molar-refractivity contribution >= 4 is 33.8 Å². The topological polar surface area (TPSA) is 83.7 Å². The van der Waals surface area contributed by atoms with E-state index in [1.54, 1.807) is 24.0 Å². The van der Waals surface area contributed by atoms with Crippen LogP contribution in [0.4, 0.5) is 5.69 Å². The first kappa shape index (κ1) is 24.9.